The van der Waals surface area contributed by atoms with Crippen molar-refractivity contribution < 1.29 is 18.3 Å². The average Bonchev–Trinajstić information content (AvgIpc) is 3.05. The number of halogens is 3. The lowest BCUT2D eigenvalue weighted by Gasteiger charge is -2.05. The van der Waals surface area contributed by atoms with Crippen molar-refractivity contribution in [2.75, 3.05) is 5.32 Å². The minimum absolute atomic E-state index is 0.0438. The number of hydrogen-bond donors (Lipinski definition) is 1. The van der Waals surface area contributed by atoms with Crippen molar-refractivity contribution in [2.24, 2.45) is 0 Å². The normalized spacial score (nSPS) is 10.5. The lowest BCUT2D eigenvalue weighted by molar-refractivity contribution is 0.103. The minimum Gasteiger partial charge on any atom is -0.486 e. The first-order valence-electron chi connectivity index (χ1n) is 7.09. The molecule has 0 saturated heterocycles. The zero-order valence-corrected chi connectivity index (χ0v) is 15.0. The van der Waals surface area contributed by atoms with Crippen molar-refractivity contribution in [3.05, 3.63) is 74.5 Å². The third-order valence-electron chi connectivity index (χ3n) is 3.13. The number of pyridine rings is 1. The second-order valence-corrected chi connectivity index (χ2v) is 6.83. The Morgan fingerprint density at radius 1 is 1.24 bits per heavy atom. The molecule has 0 aliphatic carbocycles. The van der Waals surface area contributed by atoms with Gasteiger partial charge in [0.15, 0.2) is 11.6 Å². The summed E-state index contributed by atoms with van der Waals surface area (Å²) >= 11 is 4.51. The summed E-state index contributed by atoms with van der Waals surface area (Å²) in [5.74, 6) is -1.33. The number of ether oxygens (including phenoxy) is 1. The topological polar surface area (TPSA) is 51.2 Å². The summed E-state index contributed by atoms with van der Waals surface area (Å²) in [6.07, 6.45) is 1.58. The molecule has 0 bridgehead atoms. The van der Waals surface area contributed by atoms with Crippen molar-refractivity contribution >= 4 is 39.0 Å². The Morgan fingerprint density at radius 3 is 2.80 bits per heavy atom. The van der Waals surface area contributed by atoms with Crippen LogP contribution in [-0.2, 0) is 6.61 Å². The number of carbonyl (C=O) groups excluding carboxylic acids is 1. The van der Waals surface area contributed by atoms with E-state index in [0.29, 0.717) is 16.3 Å². The van der Waals surface area contributed by atoms with Crippen molar-refractivity contribution in [3.63, 3.8) is 0 Å². The maximum atomic E-state index is 13.5. The Bertz CT molecular complexity index is 900. The van der Waals surface area contributed by atoms with Gasteiger partial charge in [-0.25, -0.2) is 13.8 Å². The van der Waals surface area contributed by atoms with Crippen LogP contribution >= 0.6 is 27.3 Å². The maximum absolute atomic E-state index is 13.5. The van der Waals surface area contributed by atoms with Crippen LogP contribution in [0.1, 0.15) is 15.2 Å². The molecule has 1 amide bonds. The largest absolute Gasteiger partial charge is 0.486 e. The standard InChI is InChI=1S/C17H11BrF2N2O2S/c18-11-1-4-16(21-7-11)22-17(23)15-5-10(9-25-15)8-24-14-3-2-12(19)6-13(14)20/h1-7,9H,8H2,(H,21,22,23). The summed E-state index contributed by atoms with van der Waals surface area (Å²) in [6.45, 7) is 0.0723. The highest BCUT2D eigenvalue weighted by Gasteiger charge is 2.11. The molecule has 0 saturated carbocycles. The molecule has 128 valence electrons. The second kappa shape index (κ2) is 7.71. The third-order valence-corrected chi connectivity index (χ3v) is 4.58. The molecular formula is C17H11BrF2N2O2S. The van der Waals surface area contributed by atoms with Crippen LogP contribution in [0.25, 0.3) is 0 Å². The van der Waals surface area contributed by atoms with Gasteiger partial charge in [0.25, 0.3) is 5.91 Å². The Hall–Kier alpha value is -2.32. The summed E-state index contributed by atoms with van der Waals surface area (Å²) in [7, 11) is 0. The molecule has 0 aliphatic rings. The maximum Gasteiger partial charge on any atom is 0.266 e. The molecule has 0 aliphatic heterocycles. The molecule has 0 radical (unpaired) electrons. The van der Waals surface area contributed by atoms with Crippen LogP contribution in [0.4, 0.5) is 14.6 Å². The van der Waals surface area contributed by atoms with Crippen molar-refractivity contribution in [2.45, 2.75) is 6.61 Å². The van der Waals surface area contributed by atoms with Gasteiger partial charge < -0.3 is 10.1 Å². The van der Waals surface area contributed by atoms with Crippen LogP contribution < -0.4 is 10.1 Å². The van der Waals surface area contributed by atoms with Crippen LogP contribution in [0, 0.1) is 11.6 Å². The molecule has 0 fully saturated rings. The number of nitrogens with one attached hydrogen (secondary N) is 1. The summed E-state index contributed by atoms with van der Waals surface area (Å²) in [5.41, 5.74) is 0.711. The number of aromatic nitrogens is 1. The summed E-state index contributed by atoms with van der Waals surface area (Å²) in [5, 5.41) is 4.43. The molecule has 4 nitrogen and oxygen atoms in total. The van der Waals surface area contributed by atoms with Gasteiger partial charge in [-0.15, -0.1) is 11.3 Å². The van der Waals surface area contributed by atoms with Gasteiger partial charge in [0.1, 0.15) is 18.2 Å². The van der Waals surface area contributed by atoms with Crippen LogP contribution in [0.15, 0.2) is 52.4 Å². The van der Waals surface area contributed by atoms with Gasteiger partial charge in [0.05, 0.1) is 4.88 Å². The Labute approximate surface area is 154 Å². The second-order valence-electron chi connectivity index (χ2n) is 5.00. The highest BCUT2D eigenvalue weighted by Crippen LogP contribution is 2.22. The fourth-order valence-electron chi connectivity index (χ4n) is 1.95. The van der Waals surface area contributed by atoms with E-state index in [2.05, 4.69) is 26.2 Å². The first kappa shape index (κ1) is 17.5. The molecule has 25 heavy (non-hydrogen) atoms. The summed E-state index contributed by atoms with van der Waals surface area (Å²) in [4.78, 5) is 16.7. The number of carbonyl (C=O) groups is 1. The predicted octanol–water partition coefficient (Wildman–Crippen LogP) is 5.02. The number of rotatable bonds is 5. The van der Waals surface area contributed by atoms with E-state index in [1.54, 1.807) is 29.8 Å². The van der Waals surface area contributed by atoms with E-state index >= 15 is 0 Å². The lowest BCUT2D eigenvalue weighted by Crippen LogP contribution is -2.11. The Balaban J connectivity index is 1.61. The number of thiophene rings is 1. The molecule has 3 aromatic rings. The molecule has 8 heteroatoms. The minimum atomic E-state index is -0.769. The third kappa shape index (κ3) is 4.61. The molecule has 2 heterocycles. The molecule has 1 N–H and O–H groups in total. The highest BCUT2D eigenvalue weighted by molar-refractivity contribution is 9.10. The number of hydrogen-bond acceptors (Lipinski definition) is 4. The summed E-state index contributed by atoms with van der Waals surface area (Å²) < 4.78 is 32.5. The van der Waals surface area contributed by atoms with Gasteiger partial charge in [-0.05, 0) is 51.6 Å². The van der Waals surface area contributed by atoms with Crippen molar-refractivity contribution in [1.29, 1.82) is 0 Å². The molecule has 2 aromatic heterocycles. The van der Waals surface area contributed by atoms with Gasteiger partial charge in [0.2, 0.25) is 0 Å². The fourth-order valence-corrected chi connectivity index (χ4v) is 2.98. The number of nitrogens with zero attached hydrogens (tertiary/aromatic N) is 1. The number of amides is 1. The average molecular weight is 425 g/mol. The highest BCUT2D eigenvalue weighted by atomic mass is 79.9. The van der Waals surface area contributed by atoms with E-state index in [-0.39, 0.29) is 18.3 Å². The SMILES string of the molecule is O=C(Nc1ccc(Br)cn1)c1cc(COc2ccc(F)cc2F)cs1. The first-order chi connectivity index (χ1) is 12.0. The van der Waals surface area contributed by atoms with E-state index < -0.39 is 11.6 Å². The predicted molar refractivity (Wildman–Crippen MR) is 94.9 cm³/mol. The fraction of sp³-hybridized carbons (Fsp3) is 0.0588. The molecule has 0 unspecified atom stereocenters. The van der Waals surface area contributed by atoms with Crippen LogP contribution in [0.5, 0.6) is 5.75 Å². The van der Waals surface area contributed by atoms with Crippen molar-refractivity contribution in [3.8, 4) is 5.75 Å². The van der Waals surface area contributed by atoms with E-state index in [1.807, 2.05) is 0 Å². The van der Waals surface area contributed by atoms with Gasteiger partial charge in [-0.3, -0.25) is 4.79 Å². The smallest absolute Gasteiger partial charge is 0.266 e. The molecule has 1 aromatic carbocycles. The van der Waals surface area contributed by atoms with Gasteiger partial charge in [-0.2, -0.15) is 0 Å². The van der Waals surface area contributed by atoms with Gasteiger partial charge in [-0.1, -0.05) is 0 Å². The van der Waals surface area contributed by atoms with Crippen LogP contribution in [0.3, 0.4) is 0 Å². The zero-order chi connectivity index (χ0) is 17.8. The van der Waals surface area contributed by atoms with E-state index in [9.17, 15) is 13.6 Å². The molecule has 0 spiro atoms. The quantitative estimate of drug-likeness (QED) is 0.625. The van der Waals surface area contributed by atoms with E-state index in [1.165, 1.54) is 17.4 Å². The Kier molecular flexibility index (Phi) is 5.40. The molecule has 3 rings (SSSR count). The van der Waals surface area contributed by atoms with Crippen LogP contribution in [-0.4, -0.2) is 10.9 Å². The van der Waals surface area contributed by atoms with Crippen LogP contribution in [0.2, 0.25) is 0 Å². The zero-order valence-electron chi connectivity index (χ0n) is 12.6. The molecule has 0 atom stereocenters. The first-order valence-corrected chi connectivity index (χ1v) is 8.77. The van der Waals surface area contributed by atoms with E-state index in [0.717, 1.165) is 16.6 Å². The van der Waals surface area contributed by atoms with Crippen molar-refractivity contribution in [1.82, 2.24) is 4.98 Å². The monoisotopic (exact) mass is 424 g/mol. The van der Waals surface area contributed by atoms with E-state index in [4.69, 9.17) is 4.74 Å². The number of anilines is 1. The summed E-state index contributed by atoms with van der Waals surface area (Å²) in [6, 6.07) is 8.21. The van der Waals surface area contributed by atoms with Gasteiger partial charge in [0, 0.05) is 22.3 Å². The number of benzene rings is 1. The molecular weight excluding hydrogens is 414 g/mol. The van der Waals surface area contributed by atoms with Gasteiger partial charge >= 0.3 is 0 Å². The Morgan fingerprint density at radius 2 is 2.08 bits per heavy atom. The lowest BCUT2D eigenvalue weighted by atomic mass is 10.3.